The van der Waals surface area contributed by atoms with Gasteiger partial charge in [0.1, 0.15) is 0 Å². The van der Waals surface area contributed by atoms with Crippen molar-refractivity contribution in [1.29, 1.82) is 0 Å². The van der Waals surface area contributed by atoms with Crippen LogP contribution in [0.3, 0.4) is 0 Å². The number of benzene rings is 1. The molecule has 1 aliphatic carbocycles. The maximum absolute atomic E-state index is 12.7. The minimum absolute atomic E-state index is 0.0257. The number of amides is 1. The minimum atomic E-state index is -0.271. The van der Waals surface area contributed by atoms with E-state index in [0.29, 0.717) is 6.42 Å². The lowest BCUT2D eigenvalue weighted by molar-refractivity contribution is -0.124. The second-order valence-corrected chi connectivity index (χ2v) is 6.51. The molecule has 0 bridgehead atoms. The lowest BCUT2D eigenvalue weighted by Gasteiger charge is -2.26. The van der Waals surface area contributed by atoms with Gasteiger partial charge in [-0.15, -0.1) is 0 Å². The van der Waals surface area contributed by atoms with Crippen LogP contribution in [0.4, 0.5) is 0 Å². The molecule has 3 rings (SSSR count). The Balaban J connectivity index is 1.71. The molecule has 1 aromatic carbocycles. The molecule has 0 spiro atoms. The second kappa shape index (κ2) is 7.58. The molecule has 0 fully saturated rings. The summed E-state index contributed by atoms with van der Waals surface area (Å²) < 4.78 is 0. The largest absolute Gasteiger partial charge is 0.394 e. The van der Waals surface area contributed by atoms with Gasteiger partial charge in [0.25, 0.3) is 0 Å². The maximum atomic E-state index is 12.7. The molecule has 2 N–H and O–H groups in total. The van der Waals surface area contributed by atoms with Crippen LogP contribution in [0.15, 0.2) is 42.6 Å². The van der Waals surface area contributed by atoms with E-state index in [9.17, 15) is 9.90 Å². The monoisotopic (exact) mass is 324 g/mol. The van der Waals surface area contributed by atoms with Crippen molar-refractivity contribution in [2.45, 2.75) is 44.6 Å². The highest BCUT2D eigenvalue weighted by atomic mass is 16.3. The molecule has 0 aliphatic heterocycles. The molecule has 1 heterocycles. The summed E-state index contributed by atoms with van der Waals surface area (Å²) in [4.78, 5) is 17.2. The predicted molar refractivity (Wildman–Crippen MR) is 93.8 cm³/mol. The molecule has 1 aliphatic rings. The third-order valence-electron chi connectivity index (χ3n) is 4.81. The van der Waals surface area contributed by atoms with E-state index in [1.54, 1.807) is 6.20 Å². The highest BCUT2D eigenvalue weighted by molar-refractivity contribution is 5.84. The van der Waals surface area contributed by atoms with Gasteiger partial charge in [0.15, 0.2) is 0 Å². The quantitative estimate of drug-likeness (QED) is 0.888. The normalized spacial score (nSPS) is 17.8. The minimum Gasteiger partial charge on any atom is -0.394 e. The fourth-order valence-corrected chi connectivity index (χ4v) is 3.43. The van der Waals surface area contributed by atoms with E-state index >= 15 is 0 Å². The van der Waals surface area contributed by atoms with Crippen LogP contribution in [0, 0.1) is 6.92 Å². The SMILES string of the molecule is Cc1ccccc1C[C@@H](CO)NC(=O)[C@H]1CCCc2cccnc21. The van der Waals surface area contributed by atoms with Crippen molar-refractivity contribution in [3.63, 3.8) is 0 Å². The fourth-order valence-electron chi connectivity index (χ4n) is 3.43. The van der Waals surface area contributed by atoms with E-state index in [1.165, 1.54) is 11.1 Å². The van der Waals surface area contributed by atoms with Crippen LogP contribution in [-0.2, 0) is 17.6 Å². The van der Waals surface area contributed by atoms with Crippen LogP contribution in [0.2, 0.25) is 0 Å². The summed E-state index contributed by atoms with van der Waals surface area (Å²) in [5.41, 5.74) is 4.39. The maximum Gasteiger partial charge on any atom is 0.229 e. The highest BCUT2D eigenvalue weighted by Crippen LogP contribution is 2.30. The Kier molecular flexibility index (Phi) is 5.26. The van der Waals surface area contributed by atoms with Crippen LogP contribution < -0.4 is 5.32 Å². The van der Waals surface area contributed by atoms with Crippen molar-refractivity contribution in [3.05, 3.63) is 65.0 Å². The van der Waals surface area contributed by atoms with Crippen LogP contribution in [0.25, 0.3) is 0 Å². The molecule has 24 heavy (non-hydrogen) atoms. The van der Waals surface area contributed by atoms with Gasteiger partial charge < -0.3 is 10.4 Å². The van der Waals surface area contributed by atoms with Crippen LogP contribution >= 0.6 is 0 Å². The number of aryl methyl sites for hydroxylation is 2. The van der Waals surface area contributed by atoms with Gasteiger partial charge in [-0.05, 0) is 55.4 Å². The van der Waals surface area contributed by atoms with E-state index in [1.807, 2.05) is 37.3 Å². The Morgan fingerprint density at radius 3 is 2.96 bits per heavy atom. The molecular formula is C20H24N2O2. The number of fused-ring (bicyclic) bond motifs is 1. The standard InChI is InChI=1S/C20H24N2O2/c1-14-6-2-3-7-16(14)12-17(13-23)22-20(24)18-10-4-8-15-9-5-11-21-19(15)18/h2-3,5-7,9,11,17-18,23H,4,8,10,12-13H2,1H3,(H,22,24)/t17-,18-/m0/s1. The fraction of sp³-hybridized carbons (Fsp3) is 0.400. The first-order valence-corrected chi connectivity index (χ1v) is 8.58. The Hall–Kier alpha value is -2.20. The second-order valence-electron chi connectivity index (χ2n) is 6.51. The van der Waals surface area contributed by atoms with Gasteiger partial charge in [-0.2, -0.15) is 0 Å². The molecule has 1 aromatic heterocycles. The summed E-state index contributed by atoms with van der Waals surface area (Å²) >= 11 is 0. The molecule has 2 atom stereocenters. The van der Waals surface area contributed by atoms with Gasteiger partial charge >= 0.3 is 0 Å². The smallest absolute Gasteiger partial charge is 0.229 e. The van der Waals surface area contributed by atoms with Gasteiger partial charge in [-0.3, -0.25) is 9.78 Å². The Morgan fingerprint density at radius 2 is 2.17 bits per heavy atom. The number of nitrogens with one attached hydrogen (secondary N) is 1. The molecule has 0 radical (unpaired) electrons. The number of aromatic nitrogens is 1. The molecule has 2 aromatic rings. The summed E-state index contributed by atoms with van der Waals surface area (Å²) in [7, 11) is 0. The first kappa shape index (κ1) is 16.7. The van der Waals surface area contributed by atoms with Crippen molar-refractivity contribution in [1.82, 2.24) is 10.3 Å². The molecule has 4 nitrogen and oxygen atoms in total. The zero-order chi connectivity index (χ0) is 16.9. The summed E-state index contributed by atoms with van der Waals surface area (Å²) in [6.07, 6.45) is 5.19. The number of carbonyl (C=O) groups is 1. The number of hydrogen-bond donors (Lipinski definition) is 2. The van der Waals surface area contributed by atoms with Gasteiger partial charge in [0.2, 0.25) is 5.91 Å². The molecule has 126 valence electrons. The molecule has 1 amide bonds. The van der Waals surface area contributed by atoms with Crippen molar-refractivity contribution < 1.29 is 9.90 Å². The topological polar surface area (TPSA) is 62.2 Å². The average molecular weight is 324 g/mol. The molecule has 4 heteroatoms. The van der Waals surface area contributed by atoms with E-state index in [4.69, 9.17) is 0 Å². The Labute approximate surface area is 142 Å². The third-order valence-corrected chi connectivity index (χ3v) is 4.81. The third kappa shape index (κ3) is 3.65. The summed E-state index contributed by atoms with van der Waals surface area (Å²) in [5.74, 6) is -0.233. The van der Waals surface area contributed by atoms with Gasteiger partial charge in [-0.1, -0.05) is 30.3 Å². The lowest BCUT2D eigenvalue weighted by Crippen LogP contribution is -2.42. The number of carbonyl (C=O) groups excluding carboxylic acids is 1. The summed E-state index contributed by atoms with van der Waals surface area (Å²) in [5, 5.41) is 12.7. The number of rotatable bonds is 5. The highest BCUT2D eigenvalue weighted by Gasteiger charge is 2.28. The number of hydrogen-bond acceptors (Lipinski definition) is 3. The zero-order valence-electron chi connectivity index (χ0n) is 14.0. The molecule has 0 saturated heterocycles. The Bertz CT molecular complexity index is 714. The number of nitrogens with zero attached hydrogens (tertiary/aromatic N) is 1. The first-order valence-electron chi connectivity index (χ1n) is 8.58. The van der Waals surface area contributed by atoms with Crippen LogP contribution in [-0.4, -0.2) is 28.6 Å². The van der Waals surface area contributed by atoms with E-state index in [2.05, 4.69) is 16.4 Å². The van der Waals surface area contributed by atoms with Crippen LogP contribution in [0.1, 0.15) is 41.1 Å². The molecular weight excluding hydrogens is 300 g/mol. The summed E-state index contributed by atoms with van der Waals surface area (Å²) in [6, 6.07) is 11.8. The van der Waals surface area contributed by atoms with Crippen molar-refractivity contribution >= 4 is 5.91 Å². The van der Waals surface area contributed by atoms with Gasteiger partial charge in [-0.25, -0.2) is 0 Å². The van der Waals surface area contributed by atoms with Crippen molar-refractivity contribution in [2.75, 3.05) is 6.61 Å². The van der Waals surface area contributed by atoms with Crippen LogP contribution in [0.5, 0.6) is 0 Å². The summed E-state index contributed by atoms with van der Waals surface area (Å²) in [6.45, 7) is 1.98. The lowest BCUT2D eigenvalue weighted by atomic mass is 9.86. The predicted octanol–water partition coefficient (Wildman–Crippen LogP) is 2.53. The number of aliphatic hydroxyl groups excluding tert-OH is 1. The molecule has 0 unspecified atom stereocenters. The first-order chi connectivity index (χ1) is 11.7. The van der Waals surface area contributed by atoms with E-state index in [-0.39, 0.29) is 24.5 Å². The Morgan fingerprint density at radius 1 is 1.33 bits per heavy atom. The van der Waals surface area contributed by atoms with Crippen molar-refractivity contribution in [3.8, 4) is 0 Å². The molecule has 0 saturated carbocycles. The van der Waals surface area contributed by atoms with E-state index in [0.717, 1.165) is 30.5 Å². The van der Waals surface area contributed by atoms with Crippen molar-refractivity contribution in [2.24, 2.45) is 0 Å². The average Bonchev–Trinajstić information content (AvgIpc) is 2.62. The zero-order valence-corrected chi connectivity index (χ0v) is 14.0. The van der Waals surface area contributed by atoms with Gasteiger partial charge in [0, 0.05) is 6.20 Å². The number of aliphatic hydroxyl groups is 1. The number of pyridine rings is 1. The van der Waals surface area contributed by atoms with E-state index < -0.39 is 0 Å². The van der Waals surface area contributed by atoms with Gasteiger partial charge in [0.05, 0.1) is 24.3 Å².